The Hall–Kier alpha value is -5.19. The number of hydrogen-bond donors (Lipinski definition) is 2. The molecule has 1 unspecified atom stereocenters. The number of thiophene rings is 1. The highest BCUT2D eigenvalue weighted by molar-refractivity contribution is 7.25. The van der Waals surface area contributed by atoms with Gasteiger partial charge in [0.25, 0.3) is 0 Å². The Morgan fingerprint density at radius 3 is 2.17 bits per heavy atom. The summed E-state index contributed by atoms with van der Waals surface area (Å²) in [5, 5.41) is 9.82. The second-order valence-corrected chi connectivity index (χ2v) is 11.6. The molecule has 4 heteroatoms. The first-order valence-electron chi connectivity index (χ1n) is 14.2. The summed E-state index contributed by atoms with van der Waals surface area (Å²) in [7, 11) is 0. The van der Waals surface area contributed by atoms with Gasteiger partial charge in [0.2, 0.25) is 5.96 Å². The lowest BCUT2D eigenvalue weighted by Crippen LogP contribution is -2.28. The molecule has 3 nitrogen and oxygen atoms in total. The Morgan fingerprint density at radius 1 is 0.571 bits per heavy atom. The third kappa shape index (κ3) is 4.43. The zero-order valence-electron chi connectivity index (χ0n) is 22.8. The van der Waals surface area contributed by atoms with Gasteiger partial charge in [-0.2, -0.15) is 0 Å². The second kappa shape index (κ2) is 10.3. The number of anilines is 2. The Bertz CT molecular complexity index is 2090. The van der Waals surface area contributed by atoms with E-state index in [-0.39, 0.29) is 6.04 Å². The first-order chi connectivity index (χ1) is 20.8. The van der Waals surface area contributed by atoms with Crippen molar-refractivity contribution in [3.8, 4) is 22.3 Å². The lowest BCUT2D eigenvalue weighted by atomic mass is 9.94. The van der Waals surface area contributed by atoms with Crippen molar-refractivity contribution in [2.45, 2.75) is 6.04 Å². The topological polar surface area (TPSA) is 36.4 Å². The fourth-order valence-corrected chi connectivity index (χ4v) is 7.02. The Labute approximate surface area is 248 Å². The summed E-state index contributed by atoms with van der Waals surface area (Å²) < 4.78 is 2.61. The van der Waals surface area contributed by atoms with Crippen LogP contribution in [-0.2, 0) is 0 Å². The molecule has 0 amide bonds. The average molecular weight is 558 g/mol. The van der Waals surface area contributed by atoms with Crippen molar-refractivity contribution in [1.82, 2.24) is 0 Å². The third-order valence-corrected chi connectivity index (χ3v) is 9.10. The molecule has 6 aromatic carbocycles. The minimum atomic E-state index is -0.114. The van der Waals surface area contributed by atoms with Gasteiger partial charge >= 0.3 is 0 Å². The molecule has 0 saturated carbocycles. The first-order valence-corrected chi connectivity index (χ1v) is 15.0. The number of fused-ring (bicyclic) bond motifs is 4. The van der Waals surface area contributed by atoms with Crippen molar-refractivity contribution in [3.05, 3.63) is 157 Å². The van der Waals surface area contributed by atoms with Crippen LogP contribution in [0.25, 0.3) is 42.4 Å². The lowest BCUT2D eigenvalue weighted by molar-refractivity contribution is 0.862. The molecule has 1 aromatic heterocycles. The van der Waals surface area contributed by atoms with Crippen LogP contribution in [0.4, 0.5) is 11.4 Å². The molecule has 42 heavy (non-hydrogen) atoms. The van der Waals surface area contributed by atoms with Crippen molar-refractivity contribution >= 4 is 48.8 Å². The summed E-state index contributed by atoms with van der Waals surface area (Å²) in [6, 6.07) is 51.5. The van der Waals surface area contributed by atoms with Gasteiger partial charge < -0.3 is 10.6 Å². The van der Waals surface area contributed by atoms with E-state index in [1.165, 1.54) is 42.4 Å². The number of hydrogen-bond acceptors (Lipinski definition) is 4. The van der Waals surface area contributed by atoms with Crippen LogP contribution < -0.4 is 10.6 Å². The van der Waals surface area contributed by atoms with Crippen molar-refractivity contribution in [2.24, 2.45) is 4.99 Å². The lowest BCUT2D eigenvalue weighted by Gasteiger charge is -2.26. The van der Waals surface area contributed by atoms with Crippen LogP contribution in [0.5, 0.6) is 0 Å². The zero-order chi connectivity index (χ0) is 27.9. The number of rotatable bonds is 4. The zero-order valence-corrected chi connectivity index (χ0v) is 23.6. The molecular formula is C38H27N3S. The van der Waals surface area contributed by atoms with Gasteiger partial charge in [-0.3, -0.25) is 0 Å². The normalized spacial score (nSPS) is 14.3. The SMILES string of the molecule is c1ccc(-c2ccc(C3N=C(Nc4ccccc4-c4ccc5c(c4)sc4ccccc45)Nc4ccccc43)cc2)cc1. The molecule has 2 heterocycles. The minimum Gasteiger partial charge on any atom is -0.326 e. The van der Waals surface area contributed by atoms with Crippen molar-refractivity contribution in [2.75, 3.05) is 10.6 Å². The minimum absolute atomic E-state index is 0.114. The molecule has 8 rings (SSSR count). The maximum atomic E-state index is 5.20. The van der Waals surface area contributed by atoms with Crippen LogP contribution in [0.1, 0.15) is 17.2 Å². The standard InChI is InChI=1S/C38H27N3S/c1-2-10-25(11-3-1)26-18-20-27(21-19-26)37-32-14-5-8-16-34(32)40-38(41-37)39-33-15-7-4-12-29(33)28-22-23-31-30-13-6-9-17-35(30)42-36(31)24-28/h1-24,37H,(H2,39,40,41). The van der Waals surface area contributed by atoms with E-state index in [1.807, 2.05) is 17.4 Å². The summed E-state index contributed by atoms with van der Waals surface area (Å²) in [5.41, 5.74) is 9.15. The highest BCUT2D eigenvalue weighted by atomic mass is 32.1. The number of guanidine groups is 1. The van der Waals surface area contributed by atoms with Gasteiger partial charge in [0.15, 0.2) is 0 Å². The van der Waals surface area contributed by atoms with Gasteiger partial charge in [-0.05, 0) is 46.5 Å². The van der Waals surface area contributed by atoms with Crippen LogP contribution in [0.15, 0.2) is 151 Å². The largest absolute Gasteiger partial charge is 0.326 e. The Kier molecular flexibility index (Phi) is 6.05. The van der Waals surface area contributed by atoms with Crippen LogP contribution in [-0.4, -0.2) is 5.96 Å². The van der Waals surface area contributed by atoms with E-state index in [2.05, 4.69) is 150 Å². The number of benzene rings is 6. The number of nitrogens with one attached hydrogen (secondary N) is 2. The molecular weight excluding hydrogens is 531 g/mol. The van der Waals surface area contributed by atoms with Gasteiger partial charge in [-0.15, -0.1) is 11.3 Å². The molecule has 0 aliphatic carbocycles. The third-order valence-electron chi connectivity index (χ3n) is 7.97. The molecule has 7 aromatic rings. The van der Waals surface area contributed by atoms with Gasteiger partial charge in [0, 0.05) is 42.7 Å². The maximum Gasteiger partial charge on any atom is 0.201 e. The summed E-state index contributed by atoms with van der Waals surface area (Å²) in [6.07, 6.45) is 0. The van der Waals surface area contributed by atoms with Crippen LogP contribution in [0, 0.1) is 0 Å². The smallest absolute Gasteiger partial charge is 0.201 e. The molecule has 2 N–H and O–H groups in total. The molecule has 0 radical (unpaired) electrons. The maximum absolute atomic E-state index is 5.20. The van der Waals surface area contributed by atoms with E-state index in [0.717, 1.165) is 28.5 Å². The summed E-state index contributed by atoms with van der Waals surface area (Å²) in [5.74, 6) is 0.737. The van der Waals surface area contributed by atoms with Crippen LogP contribution in [0.2, 0.25) is 0 Å². The monoisotopic (exact) mass is 557 g/mol. The fourth-order valence-electron chi connectivity index (χ4n) is 5.88. The van der Waals surface area contributed by atoms with Crippen molar-refractivity contribution < 1.29 is 0 Å². The highest BCUT2D eigenvalue weighted by Gasteiger charge is 2.23. The quantitative estimate of drug-likeness (QED) is 0.226. The molecule has 1 aliphatic heterocycles. The molecule has 0 spiro atoms. The first kappa shape index (κ1) is 24.6. The Balaban J connectivity index is 1.15. The van der Waals surface area contributed by atoms with Gasteiger partial charge in [0.1, 0.15) is 6.04 Å². The van der Waals surface area contributed by atoms with E-state index in [1.54, 1.807) is 0 Å². The predicted molar refractivity (Wildman–Crippen MR) is 180 cm³/mol. The molecule has 200 valence electrons. The van der Waals surface area contributed by atoms with E-state index in [4.69, 9.17) is 4.99 Å². The van der Waals surface area contributed by atoms with Gasteiger partial charge in [-0.25, -0.2) is 4.99 Å². The molecule has 0 fully saturated rings. The predicted octanol–water partition coefficient (Wildman–Crippen LogP) is 10.4. The van der Waals surface area contributed by atoms with Gasteiger partial charge in [-0.1, -0.05) is 121 Å². The van der Waals surface area contributed by atoms with E-state index in [9.17, 15) is 0 Å². The summed E-state index contributed by atoms with van der Waals surface area (Å²) in [4.78, 5) is 5.20. The second-order valence-electron chi connectivity index (χ2n) is 10.6. The van der Waals surface area contributed by atoms with Gasteiger partial charge in [0.05, 0.1) is 0 Å². The Morgan fingerprint density at radius 2 is 1.26 bits per heavy atom. The van der Waals surface area contributed by atoms with Crippen LogP contribution >= 0.6 is 11.3 Å². The molecule has 0 saturated heterocycles. The number of aliphatic imine (C=N–C) groups is 1. The van der Waals surface area contributed by atoms with Crippen molar-refractivity contribution in [3.63, 3.8) is 0 Å². The molecule has 1 aliphatic rings. The van der Waals surface area contributed by atoms with Crippen molar-refractivity contribution in [1.29, 1.82) is 0 Å². The molecule has 1 atom stereocenters. The summed E-state index contributed by atoms with van der Waals surface area (Å²) >= 11 is 1.85. The number of para-hydroxylation sites is 2. The van der Waals surface area contributed by atoms with Crippen LogP contribution in [0.3, 0.4) is 0 Å². The summed E-state index contributed by atoms with van der Waals surface area (Å²) in [6.45, 7) is 0. The number of nitrogens with zero attached hydrogens (tertiary/aromatic N) is 1. The molecule has 0 bridgehead atoms. The van der Waals surface area contributed by atoms with E-state index in [0.29, 0.717) is 0 Å². The van der Waals surface area contributed by atoms with E-state index >= 15 is 0 Å². The highest BCUT2D eigenvalue weighted by Crippen LogP contribution is 2.39. The fraction of sp³-hybridized carbons (Fsp3) is 0.0263. The van der Waals surface area contributed by atoms with E-state index < -0.39 is 0 Å². The average Bonchev–Trinajstić information content (AvgIpc) is 3.43.